The first-order valence-electron chi connectivity index (χ1n) is 6.42. The Hall–Kier alpha value is -0.570. The van der Waals surface area contributed by atoms with Gasteiger partial charge < -0.3 is 11.1 Å². The first-order valence-corrected chi connectivity index (χ1v) is 6.42. The zero-order chi connectivity index (χ0) is 12.2. The molecule has 0 aromatic heterocycles. The van der Waals surface area contributed by atoms with Gasteiger partial charge in [0.1, 0.15) is 0 Å². The smallest absolute Gasteiger partial charge is 0.223 e. The summed E-state index contributed by atoms with van der Waals surface area (Å²) in [7, 11) is 0. The van der Waals surface area contributed by atoms with Crippen LogP contribution in [0.2, 0.25) is 0 Å². The monoisotopic (exact) mass is 226 g/mol. The van der Waals surface area contributed by atoms with Crippen LogP contribution in [0.4, 0.5) is 0 Å². The Kier molecular flexibility index (Phi) is 4.78. The van der Waals surface area contributed by atoms with Crippen LogP contribution in [0.25, 0.3) is 0 Å². The number of hydrogen-bond donors (Lipinski definition) is 2. The highest BCUT2D eigenvalue weighted by Crippen LogP contribution is 2.31. The van der Waals surface area contributed by atoms with E-state index >= 15 is 0 Å². The van der Waals surface area contributed by atoms with Gasteiger partial charge in [0.2, 0.25) is 5.91 Å². The van der Waals surface area contributed by atoms with E-state index in [4.69, 9.17) is 5.73 Å². The van der Waals surface area contributed by atoms with E-state index in [0.717, 1.165) is 32.2 Å². The zero-order valence-electron chi connectivity index (χ0n) is 10.9. The normalized spacial score (nSPS) is 25.8. The summed E-state index contributed by atoms with van der Waals surface area (Å²) in [6.07, 6.45) is 4.31. The zero-order valence-corrected chi connectivity index (χ0v) is 10.9. The maximum Gasteiger partial charge on any atom is 0.223 e. The molecule has 0 heterocycles. The van der Waals surface area contributed by atoms with E-state index in [1.165, 1.54) is 0 Å². The molecular weight excluding hydrogens is 200 g/mol. The van der Waals surface area contributed by atoms with E-state index in [2.05, 4.69) is 26.1 Å². The number of nitrogens with two attached hydrogens (primary N) is 1. The molecule has 0 saturated heterocycles. The van der Waals surface area contributed by atoms with Crippen LogP contribution >= 0.6 is 0 Å². The van der Waals surface area contributed by atoms with Crippen molar-refractivity contribution in [3.05, 3.63) is 0 Å². The van der Waals surface area contributed by atoms with Crippen LogP contribution in [-0.4, -0.2) is 19.0 Å². The van der Waals surface area contributed by atoms with Crippen molar-refractivity contribution in [2.75, 3.05) is 13.1 Å². The molecule has 16 heavy (non-hydrogen) atoms. The molecule has 0 aromatic carbocycles. The van der Waals surface area contributed by atoms with E-state index in [1.54, 1.807) is 0 Å². The van der Waals surface area contributed by atoms with Crippen molar-refractivity contribution >= 4 is 5.91 Å². The van der Waals surface area contributed by atoms with Gasteiger partial charge in [-0.25, -0.2) is 0 Å². The highest BCUT2D eigenvalue weighted by Gasteiger charge is 2.31. The first-order chi connectivity index (χ1) is 7.44. The Morgan fingerprint density at radius 3 is 2.62 bits per heavy atom. The molecule has 0 aromatic rings. The Bertz CT molecular complexity index is 233. The second-order valence-electron chi connectivity index (χ2n) is 6.13. The highest BCUT2D eigenvalue weighted by molar-refractivity contribution is 5.79. The van der Waals surface area contributed by atoms with Crippen LogP contribution in [0.15, 0.2) is 0 Å². The van der Waals surface area contributed by atoms with Gasteiger partial charge in [0, 0.05) is 12.5 Å². The predicted octanol–water partition coefficient (Wildman–Crippen LogP) is 1.91. The molecule has 0 unspecified atom stereocenters. The summed E-state index contributed by atoms with van der Waals surface area (Å²) in [5.74, 6) is 0.803. The Labute approximate surface area is 99.2 Å². The molecule has 3 heteroatoms. The van der Waals surface area contributed by atoms with E-state index < -0.39 is 0 Å². The van der Waals surface area contributed by atoms with E-state index in [-0.39, 0.29) is 17.2 Å². The maximum atomic E-state index is 11.9. The van der Waals surface area contributed by atoms with E-state index in [9.17, 15) is 4.79 Å². The van der Waals surface area contributed by atoms with Crippen LogP contribution in [0, 0.1) is 17.3 Å². The molecule has 1 saturated carbocycles. The van der Waals surface area contributed by atoms with Gasteiger partial charge in [-0.2, -0.15) is 0 Å². The number of carbonyl (C=O) groups excluding carboxylic acids is 1. The van der Waals surface area contributed by atoms with Gasteiger partial charge in [-0.1, -0.05) is 27.2 Å². The fraction of sp³-hybridized carbons (Fsp3) is 0.923. The molecule has 1 aliphatic carbocycles. The lowest BCUT2D eigenvalue weighted by Gasteiger charge is -2.21. The van der Waals surface area contributed by atoms with Crippen molar-refractivity contribution in [1.82, 2.24) is 5.32 Å². The van der Waals surface area contributed by atoms with Crippen LogP contribution in [-0.2, 0) is 4.79 Å². The molecule has 1 fully saturated rings. The maximum absolute atomic E-state index is 11.9. The summed E-state index contributed by atoms with van der Waals surface area (Å²) in [6, 6.07) is 0. The summed E-state index contributed by atoms with van der Waals surface area (Å²) in [6.45, 7) is 8.01. The molecule has 0 radical (unpaired) electrons. The fourth-order valence-corrected chi connectivity index (χ4v) is 2.36. The van der Waals surface area contributed by atoms with Gasteiger partial charge in [-0.3, -0.25) is 4.79 Å². The number of carbonyl (C=O) groups is 1. The third-order valence-electron chi connectivity index (χ3n) is 3.47. The number of amides is 1. The Morgan fingerprint density at radius 1 is 1.38 bits per heavy atom. The van der Waals surface area contributed by atoms with Crippen molar-refractivity contribution in [2.45, 2.75) is 46.5 Å². The first kappa shape index (κ1) is 13.5. The molecule has 0 bridgehead atoms. The molecule has 1 aliphatic rings. The second kappa shape index (κ2) is 5.67. The minimum atomic E-state index is 0.171. The van der Waals surface area contributed by atoms with E-state index in [0.29, 0.717) is 12.5 Å². The SMILES string of the molecule is CC(C)(C)CCNC(=O)[C@@H]1CCC[C@@H]1CN. The molecular formula is C13H26N2O. The van der Waals surface area contributed by atoms with Crippen LogP contribution in [0.5, 0.6) is 0 Å². The molecule has 0 spiro atoms. The minimum Gasteiger partial charge on any atom is -0.356 e. The van der Waals surface area contributed by atoms with Crippen molar-refractivity contribution in [3.8, 4) is 0 Å². The fourth-order valence-electron chi connectivity index (χ4n) is 2.36. The van der Waals surface area contributed by atoms with Crippen molar-refractivity contribution in [2.24, 2.45) is 23.0 Å². The van der Waals surface area contributed by atoms with Crippen molar-refractivity contribution in [3.63, 3.8) is 0 Å². The standard InChI is InChI=1S/C13H26N2O/c1-13(2,3)7-8-15-12(16)11-6-4-5-10(11)9-14/h10-11H,4-9,14H2,1-3H3,(H,15,16)/t10-,11-/m1/s1. The quantitative estimate of drug-likeness (QED) is 0.769. The Balaban J connectivity index is 2.29. The lowest BCUT2D eigenvalue weighted by molar-refractivity contribution is -0.126. The third-order valence-corrected chi connectivity index (χ3v) is 3.47. The third kappa shape index (κ3) is 4.12. The van der Waals surface area contributed by atoms with Gasteiger partial charge in [0.25, 0.3) is 0 Å². The average Bonchev–Trinajstić information content (AvgIpc) is 2.63. The largest absolute Gasteiger partial charge is 0.356 e. The molecule has 1 rings (SSSR count). The Morgan fingerprint density at radius 2 is 2.06 bits per heavy atom. The topological polar surface area (TPSA) is 55.1 Å². The molecule has 3 nitrogen and oxygen atoms in total. The molecule has 94 valence electrons. The number of hydrogen-bond acceptors (Lipinski definition) is 2. The summed E-state index contributed by atoms with van der Waals surface area (Å²) < 4.78 is 0. The average molecular weight is 226 g/mol. The summed E-state index contributed by atoms with van der Waals surface area (Å²) in [5, 5.41) is 3.05. The molecule has 3 N–H and O–H groups in total. The predicted molar refractivity (Wildman–Crippen MR) is 67.0 cm³/mol. The van der Waals surface area contributed by atoms with Gasteiger partial charge in [0.05, 0.1) is 0 Å². The molecule has 1 amide bonds. The van der Waals surface area contributed by atoms with Gasteiger partial charge in [-0.15, -0.1) is 0 Å². The number of rotatable bonds is 4. The van der Waals surface area contributed by atoms with E-state index in [1.807, 2.05) is 0 Å². The van der Waals surface area contributed by atoms with Crippen LogP contribution in [0.1, 0.15) is 46.5 Å². The molecule has 0 aliphatic heterocycles. The van der Waals surface area contributed by atoms with Gasteiger partial charge >= 0.3 is 0 Å². The molecule has 2 atom stereocenters. The minimum absolute atomic E-state index is 0.171. The van der Waals surface area contributed by atoms with Crippen LogP contribution < -0.4 is 11.1 Å². The van der Waals surface area contributed by atoms with Gasteiger partial charge in [-0.05, 0) is 37.1 Å². The van der Waals surface area contributed by atoms with Crippen molar-refractivity contribution in [1.29, 1.82) is 0 Å². The van der Waals surface area contributed by atoms with Gasteiger partial charge in [0.15, 0.2) is 0 Å². The lowest BCUT2D eigenvalue weighted by atomic mass is 9.91. The number of nitrogens with one attached hydrogen (secondary N) is 1. The van der Waals surface area contributed by atoms with Crippen LogP contribution in [0.3, 0.4) is 0 Å². The lowest BCUT2D eigenvalue weighted by Crippen LogP contribution is -2.36. The summed E-state index contributed by atoms with van der Waals surface area (Å²) in [5.41, 5.74) is 5.97. The second-order valence-corrected chi connectivity index (χ2v) is 6.13. The van der Waals surface area contributed by atoms with Crippen molar-refractivity contribution < 1.29 is 4.79 Å². The highest BCUT2D eigenvalue weighted by atomic mass is 16.1. The summed E-state index contributed by atoms with van der Waals surface area (Å²) in [4.78, 5) is 11.9. The summed E-state index contributed by atoms with van der Waals surface area (Å²) >= 11 is 0.